The lowest BCUT2D eigenvalue weighted by molar-refractivity contribution is -0.128. The Balaban J connectivity index is 1.42. The third-order valence-electron chi connectivity index (χ3n) is 4.84. The van der Waals surface area contributed by atoms with Gasteiger partial charge >= 0.3 is 0 Å². The van der Waals surface area contributed by atoms with Gasteiger partial charge in [0.05, 0.1) is 11.8 Å². The molecule has 0 unspecified atom stereocenters. The molecule has 0 radical (unpaired) electrons. The monoisotopic (exact) mass is 393 g/mol. The van der Waals surface area contributed by atoms with E-state index in [-0.39, 0.29) is 22.9 Å². The van der Waals surface area contributed by atoms with Crippen LogP contribution in [-0.4, -0.2) is 49.1 Å². The highest BCUT2D eigenvalue weighted by atomic mass is 32.2. The lowest BCUT2D eigenvalue weighted by atomic mass is 10.2. The van der Waals surface area contributed by atoms with Crippen LogP contribution >= 0.6 is 23.5 Å². The molecule has 2 heterocycles. The number of rotatable bonds is 5. The third kappa shape index (κ3) is 3.59. The number of carbonyl (C=O) groups is 1. The number of nitrogens with zero attached hydrogens (tertiary/aromatic N) is 5. The van der Waals surface area contributed by atoms with E-state index in [9.17, 15) is 9.18 Å². The first-order valence-electron chi connectivity index (χ1n) is 8.80. The first kappa shape index (κ1) is 17.8. The van der Waals surface area contributed by atoms with Crippen molar-refractivity contribution >= 4 is 29.4 Å². The van der Waals surface area contributed by atoms with Crippen LogP contribution in [0.4, 0.5) is 4.39 Å². The fraction of sp³-hybridized carbons (Fsp3) is 0.529. The van der Waals surface area contributed by atoms with Gasteiger partial charge in [0.25, 0.3) is 0 Å². The minimum absolute atomic E-state index is 0.00535. The highest BCUT2D eigenvalue weighted by Crippen LogP contribution is 2.39. The Morgan fingerprint density at radius 1 is 1.31 bits per heavy atom. The Hall–Kier alpha value is -1.61. The highest BCUT2D eigenvalue weighted by molar-refractivity contribution is 8.00. The SMILES string of the molecule is O=C(CSc1nnnn1C1CCCC1)N1CCS[C@@H]1c1ccccc1F. The maximum atomic E-state index is 14.1. The molecule has 1 saturated heterocycles. The molecule has 1 aromatic carbocycles. The number of halogens is 1. The van der Waals surface area contributed by atoms with Crippen LogP contribution in [0.15, 0.2) is 29.4 Å². The van der Waals surface area contributed by atoms with Crippen molar-refractivity contribution in [2.45, 2.75) is 42.3 Å². The second-order valence-electron chi connectivity index (χ2n) is 6.46. The minimum atomic E-state index is -0.262. The van der Waals surface area contributed by atoms with Crippen LogP contribution in [0, 0.1) is 5.82 Å². The zero-order valence-corrected chi connectivity index (χ0v) is 15.9. The molecule has 4 rings (SSSR count). The summed E-state index contributed by atoms with van der Waals surface area (Å²) in [5.41, 5.74) is 0.573. The van der Waals surface area contributed by atoms with E-state index in [4.69, 9.17) is 0 Å². The molecule has 1 aliphatic heterocycles. The molecule has 0 bridgehead atoms. The number of hydrogen-bond acceptors (Lipinski definition) is 6. The summed E-state index contributed by atoms with van der Waals surface area (Å²) in [6, 6.07) is 7.03. The number of thioether (sulfide) groups is 2. The molecular weight excluding hydrogens is 373 g/mol. The molecule has 6 nitrogen and oxygen atoms in total. The van der Waals surface area contributed by atoms with E-state index < -0.39 is 0 Å². The van der Waals surface area contributed by atoms with Crippen molar-refractivity contribution in [3.8, 4) is 0 Å². The summed E-state index contributed by atoms with van der Waals surface area (Å²) in [6.07, 6.45) is 4.57. The van der Waals surface area contributed by atoms with Crippen LogP contribution in [0.1, 0.15) is 42.7 Å². The Labute approximate surface area is 159 Å². The number of amides is 1. The summed E-state index contributed by atoms with van der Waals surface area (Å²) in [4.78, 5) is 14.5. The highest BCUT2D eigenvalue weighted by Gasteiger charge is 2.32. The second kappa shape index (κ2) is 7.96. The Morgan fingerprint density at radius 2 is 2.12 bits per heavy atom. The van der Waals surface area contributed by atoms with Crippen LogP contribution in [0.5, 0.6) is 0 Å². The lowest BCUT2D eigenvalue weighted by Gasteiger charge is -2.24. The summed E-state index contributed by atoms with van der Waals surface area (Å²) >= 11 is 2.97. The largest absolute Gasteiger partial charge is 0.325 e. The van der Waals surface area contributed by atoms with Crippen LogP contribution in [-0.2, 0) is 4.79 Å². The number of tetrazole rings is 1. The van der Waals surface area contributed by atoms with Crippen molar-refractivity contribution in [2.24, 2.45) is 0 Å². The molecule has 1 aromatic heterocycles. The fourth-order valence-electron chi connectivity index (χ4n) is 3.53. The molecule has 1 saturated carbocycles. The summed E-state index contributed by atoms with van der Waals surface area (Å²) in [7, 11) is 0. The molecule has 1 amide bonds. The van der Waals surface area contributed by atoms with Crippen molar-refractivity contribution in [1.82, 2.24) is 25.1 Å². The van der Waals surface area contributed by atoms with Crippen LogP contribution in [0.25, 0.3) is 0 Å². The van der Waals surface area contributed by atoms with Gasteiger partial charge in [-0.1, -0.05) is 42.8 Å². The molecule has 26 heavy (non-hydrogen) atoms. The fourth-order valence-corrected chi connectivity index (χ4v) is 5.66. The van der Waals surface area contributed by atoms with Gasteiger partial charge in [0.2, 0.25) is 11.1 Å². The summed E-state index contributed by atoms with van der Waals surface area (Å²) in [6.45, 7) is 0.636. The van der Waals surface area contributed by atoms with Gasteiger partial charge in [-0.15, -0.1) is 16.9 Å². The quantitative estimate of drug-likeness (QED) is 0.727. The van der Waals surface area contributed by atoms with E-state index in [2.05, 4.69) is 15.5 Å². The normalized spacial score (nSPS) is 20.8. The summed E-state index contributed by atoms with van der Waals surface area (Å²) < 4.78 is 16.0. The molecule has 1 aliphatic carbocycles. The molecule has 2 fully saturated rings. The summed E-state index contributed by atoms with van der Waals surface area (Å²) in [5.74, 6) is 0.810. The van der Waals surface area contributed by atoms with Gasteiger partial charge in [-0.25, -0.2) is 9.07 Å². The standard InChI is InChI=1S/C17H20FN5OS2/c18-14-8-4-3-7-13(14)16-22(9-10-25-16)15(24)11-26-17-19-20-21-23(17)12-5-1-2-6-12/h3-4,7-8,12,16H,1-2,5-6,9-11H2/t16-/m1/s1. The predicted molar refractivity (Wildman–Crippen MR) is 99.4 cm³/mol. The smallest absolute Gasteiger partial charge is 0.234 e. The van der Waals surface area contributed by atoms with Gasteiger partial charge in [0.1, 0.15) is 11.2 Å². The Morgan fingerprint density at radius 3 is 2.92 bits per heavy atom. The number of hydrogen-bond donors (Lipinski definition) is 0. The van der Waals surface area contributed by atoms with Gasteiger partial charge in [0, 0.05) is 17.9 Å². The molecule has 1 atom stereocenters. The predicted octanol–water partition coefficient (Wildman–Crippen LogP) is 3.29. The zero-order chi connectivity index (χ0) is 17.9. The van der Waals surface area contributed by atoms with Crippen LogP contribution in [0.3, 0.4) is 0 Å². The van der Waals surface area contributed by atoms with E-state index in [1.807, 2.05) is 10.7 Å². The first-order valence-corrected chi connectivity index (χ1v) is 10.8. The van der Waals surface area contributed by atoms with E-state index in [1.165, 1.54) is 30.7 Å². The maximum Gasteiger partial charge on any atom is 0.234 e. The van der Waals surface area contributed by atoms with E-state index >= 15 is 0 Å². The Kier molecular flexibility index (Phi) is 5.44. The molecule has 0 spiro atoms. The van der Waals surface area contributed by atoms with Gasteiger partial charge in [-0.2, -0.15) is 0 Å². The van der Waals surface area contributed by atoms with Crippen molar-refractivity contribution in [1.29, 1.82) is 0 Å². The number of aromatic nitrogens is 4. The summed E-state index contributed by atoms with van der Waals surface area (Å²) in [5, 5.41) is 12.4. The molecular formula is C17H20FN5OS2. The van der Waals surface area contributed by atoms with Crippen LogP contribution in [0.2, 0.25) is 0 Å². The number of carbonyl (C=O) groups excluding carboxylic acids is 1. The molecule has 9 heteroatoms. The molecule has 2 aromatic rings. The Bertz CT molecular complexity index is 780. The first-order chi connectivity index (χ1) is 12.7. The van der Waals surface area contributed by atoms with Gasteiger partial charge in [-0.05, 0) is 29.3 Å². The molecule has 138 valence electrons. The lowest BCUT2D eigenvalue weighted by Crippen LogP contribution is -2.32. The maximum absolute atomic E-state index is 14.1. The third-order valence-corrected chi connectivity index (χ3v) is 7.00. The van der Waals surface area contributed by atoms with E-state index in [0.717, 1.165) is 18.6 Å². The van der Waals surface area contributed by atoms with Crippen LogP contribution < -0.4 is 0 Å². The minimum Gasteiger partial charge on any atom is -0.325 e. The zero-order valence-electron chi connectivity index (χ0n) is 14.3. The van der Waals surface area contributed by atoms with Crippen molar-refractivity contribution in [3.05, 3.63) is 35.6 Å². The van der Waals surface area contributed by atoms with Gasteiger partial charge < -0.3 is 4.90 Å². The van der Waals surface area contributed by atoms with Crippen molar-refractivity contribution < 1.29 is 9.18 Å². The van der Waals surface area contributed by atoms with Gasteiger partial charge in [-0.3, -0.25) is 4.79 Å². The second-order valence-corrected chi connectivity index (χ2v) is 8.60. The average molecular weight is 394 g/mol. The van der Waals surface area contributed by atoms with E-state index in [1.54, 1.807) is 28.8 Å². The van der Waals surface area contributed by atoms with Crippen molar-refractivity contribution in [2.75, 3.05) is 18.1 Å². The topological polar surface area (TPSA) is 63.9 Å². The van der Waals surface area contributed by atoms with E-state index in [0.29, 0.717) is 23.3 Å². The van der Waals surface area contributed by atoms with Crippen molar-refractivity contribution in [3.63, 3.8) is 0 Å². The van der Waals surface area contributed by atoms with Gasteiger partial charge in [0.15, 0.2) is 0 Å². The molecule has 0 N–H and O–H groups in total. The molecule has 2 aliphatic rings. The number of benzene rings is 1. The average Bonchev–Trinajstić information content (AvgIpc) is 3.40.